The first kappa shape index (κ1) is 12.3. The second-order valence-corrected chi connectivity index (χ2v) is 5.47. The molecule has 94 valence electrons. The maximum absolute atomic E-state index is 5.98. The molecule has 2 N–H and O–H groups in total. The molecule has 0 aromatic heterocycles. The van der Waals surface area contributed by atoms with Gasteiger partial charge in [0.25, 0.3) is 0 Å². The third kappa shape index (κ3) is 2.76. The molecule has 1 aliphatic carbocycles. The number of nitrogens with two attached hydrogens (primary N) is 1. The van der Waals surface area contributed by atoms with E-state index in [0.29, 0.717) is 18.2 Å². The second-order valence-electron chi connectivity index (χ2n) is 5.47. The molecule has 0 radical (unpaired) electrons. The van der Waals surface area contributed by atoms with Gasteiger partial charge < -0.3 is 10.5 Å². The Bertz CT molecular complexity index is 214. The van der Waals surface area contributed by atoms with Crippen LogP contribution in [0.25, 0.3) is 0 Å². The number of ether oxygens (including phenoxy) is 1. The second kappa shape index (κ2) is 5.48. The highest BCUT2D eigenvalue weighted by Gasteiger charge is 2.32. The third-order valence-corrected chi connectivity index (χ3v) is 4.19. The maximum Gasteiger partial charge on any atom is 0.0674 e. The SMILES string of the molecule is CCC1COC(C)CN1C1CCC(N)CC1. The average molecular weight is 226 g/mol. The van der Waals surface area contributed by atoms with Crippen molar-refractivity contribution in [2.24, 2.45) is 5.73 Å². The predicted octanol–water partition coefficient (Wildman–Crippen LogP) is 1.76. The summed E-state index contributed by atoms with van der Waals surface area (Å²) < 4.78 is 5.76. The van der Waals surface area contributed by atoms with Crippen LogP contribution in [0.1, 0.15) is 46.0 Å². The summed E-state index contributed by atoms with van der Waals surface area (Å²) in [6.45, 7) is 6.48. The minimum Gasteiger partial charge on any atom is -0.376 e. The lowest BCUT2D eigenvalue weighted by Gasteiger charge is -2.45. The van der Waals surface area contributed by atoms with Gasteiger partial charge >= 0.3 is 0 Å². The Morgan fingerprint density at radius 2 is 1.94 bits per heavy atom. The van der Waals surface area contributed by atoms with E-state index < -0.39 is 0 Å². The molecule has 0 spiro atoms. The molecule has 2 unspecified atom stereocenters. The number of rotatable bonds is 2. The van der Waals surface area contributed by atoms with Crippen LogP contribution in [0.15, 0.2) is 0 Å². The summed E-state index contributed by atoms with van der Waals surface area (Å²) in [6.07, 6.45) is 6.57. The van der Waals surface area contributed by atoms with E-state index >= 15 is 0 Å². The minimum atomic E-state index is 0.401. The molecule has 1 aliphatic heterocycles. The van der Waals surface area contributed by atoms with E-state index in [2.05, 4.69) is 18.7 Å². The fraction of sp³-hybridized carbons (Fsp3) is 1.00. The monoisotopic (exact) mass is 226 g/mol. The van der Waals surface area contributed by atoms with E-state index in [-0.39, 0.29) is 0 Å². The van der Waals surface area contributed by atoms with Crippen molar-refractivity contribution in [3.8, 4) is 0 Å². The summed E-state index contributed by atoms with van der Waals surface area (Å²) in [5.41, 5.74) is 5.98. The molecule has 0 amide bonds. The normalized spacial score (nSPS) is 42.2. The highest BCUT2D eigenvalue weighted by molar-refractivity contribution is 4.87. The first-order chi connectivity index (χ1) is 7.70. The molecule has 0 aromatic carbocycles. The molecule has 1 saturated carbocycles. The summed E-state index contributed by atoms with van der Waals surface area (Å²) >= 11 is 0. The standard InChI is InChI=1S/C13H26N2O/c1-3-12-9-16-10(2)8-15(12)13-6-4-11(14)5-7-13/h10-13H,3-9,14H2,1-2H3. The van der Waals surface area contributed by atoms with Crippen LogP contribution in [0, 0.1) is 0 Å². The van der Waals surface area contributed by atoms with Crippen LogP contribution in [0.5, 0.6) is 0 Å². The molecular weight excluding hydrogens is 200 g/mol. The molecule has 3 heteroatoms. The van der Waals surface area contributed by atoms with Crippen molar-refractivity contribution in [1.29, 1.82) is 0 Å². The Kier molecular flexibility index (Phi) is 4.22. The van der Waals surface area contributed by atoms with Gasteiger partial charge in [0.05, 0.1) is 12.7 Å². The van der Waals surface area contributed by atoms with Crippen molar-refractivity contribution in [3.63, 3.8) is 0 Å². The van der Waals surface area contributed by atoms with Crippen molar-refractivity contribution in [2.45, 2.75) is 70.2 Å². The fourth-order valence-corrected chi connectivity index (χ4v) is 3.10. The first-order valence-electron chi connectivity index (χ1n) is 6.83. The van der Waals surface area contributed by atoms with E-state index in [1.54, 1.807) is 0 Å². The van der Waals surface area contributed by atoms with E-state index in [9.17, 15) is 0 Å². The van der Waals surface area contributed by atoms with Crippen molar-refractivity contribution in [3.05, 3.63) is 0 Å². The molecule has 1 saturated heterocycles. The zero-order valence-electron chi connectivity index (χ0n) is 10.7. The highest BCUT2D eigenvalue weighted by atomic mass is 16.5. The summed E-state index contributed by atoms with van der Waals surface area (Å²) in [5.74, 6) is 0. The number of morpholine rings is 1. The highest BCUT2D eigenvalue weighted by Crippen LogP contribution is 2.27. The largest absolute Gasteiger partial charge is 0.376 e. The lowest BCUT2D eigenvalue weighted by atomic mass is 9.89. The van der Waals surface area contributed by atoms with Crippen LogP contribution in [0.3, 0.4) is 0 Å². The topological polar surface area (TPSA) is 38.5 Å². The van der Waals surface area contributed by atoms with E-state index in [4.69, 9.17) is 10.5 Å². The van der Waals surface area contributed by atoms with Crippen molar-refractivity contribution in [2.75, 3.05) is 13.2 Å². The molecule has 2 aliphatic rings. The zero-order valence-corrected chi connectivity index (χ0v) is 10.7. The third-order valence-electron chi connectivity index (χ3n) is 4.19. The van der Waals surface area contributed by atoms with Crippen LogP contribution in [0.2, 0.25) is 0 Å². The quantitative estimate of drug-likeness (QED) is 0.779. The van der Waals surface area contributed by atoms with Crippen LogP contribution < -0.4 is 5.73 Å². The van der Waals surface area contributed by atoms with Gasteiger partial charge in [0, 0.05) is 24.7 Å². The van der Waals surface area contributed by atoms with Gasteiger partial charge in [0.1, 0.15) is 0 Å². The van der Waals surface area contributed by atoms with Gasteiger partial charge in [-0.3, -0.25) is 4.90 Å². The van der Waals surface area contributed by atoms with Crippen LogP contribution >= 0.6 is 0 Å². The van der Waals surface area contributed by atoms with Crippen LogP contribution in [0.4, 0.5) is 0 Å². The molecule has 2 rings (SSSR count). The molecular formula is C13H26N2O. The Labute approximate surface area is 99.3 Å². The Hall–Kier alpha value is -0.120. The lowest BCUT2D eigenvalue weighted by Crippen LogP contribution is -2.54. The smallest absolute Gasteiger partial charge is 0.0674 e. The van der Waals surface area contributed by atoms with E-state index in [1.807, 2.05) is 0 Å². The number of hydrogen-bond donors (Lipinski definition) is 1. The van der Waals surface area contributed by atoms with Crippen molar-refractivity contribution < 1.29 is 4.74 Å². The summed E-state index contributed by atoms with van der Waals surface area (Å²) in [7, 11) is 0. The Balaban J connectivity index is 1.94. The van der Waals surface area contributed by atoms with Gasteiger partial charge in [0.2, 0.25) is 0 Å². The molecule has 2 fully saturated rings. The van der Waals surface area contributed by atoms with Gasteiger partial charge in [0.15, 0.2) is 0 Å². The van der Waals surface area contributed by atoms with Gasteiger partial charge in [-0.1, -0.05) is 6.92 Å². The van der Waals surface area contributed by atoms with Gasteiger partial charge in [-0.05, 0) is 39.0 Å². The molecule has 0 bridgehead atoms. The van der Waals surface area contributed by atoms with E-state index in [0.717, 1.165) is 19.2 Å². The van der Waals surface area contributed by atoms with E-state index in [1.165, 1.54) is 32.1 Å². The number of nitrogens with zero attached hydrogens (tertiary/aromatic N) is 1. The van der Waals surface area contributed by atoms with Crippen molar-refractivity contribution in [1.82, 2.24) is 4.90 Å². The van der Waals surface area contributed by atoms with Gasteiger partial charge in [-0.25, -0.2) is 0 Å². The molecule has 3 nitrogen and oxygen atoms in total. The van der Waals surface area contributed by atoms with Crippen LogP contribution in [-0.2, 0) is 4.74 Å². The first-order valence-corrected chi connectivity index (χ1v) is 6.83. The molecule has 1 heterocycles. The number of hydrogen-bond acceptors (Lipinski definition) is 3. The van der Waals surface area contributed by atoms with Crippen LogP contribution in [-0.4, -0.2) is 42.3 Å². The van der Waals surface area contributed by atoms with Gasteiger partial charge in [-0.15, -0.1) is 0 Å². The Morgan fingerprint density at radius 1 is 1.25 bits per heavy atom. The summed E-state index contributed by atoms with van der Waals surface area (Å²) in [6, 6.07) is 1.85. The Morgan fingerprint density at radius 3 is 2.56 bits per heavy atom. The van der Waals surface area contributed by atoms with Gasteiger partial charge in [-0.2, -0.15) is 0 Å². The maximum atomic E-state index is 5.98. The summed E-state index contributed by atoms with van der Waals surface area (Å²) in [5, 5.41) is 0. The fourth-order valence-electron chi connectivity index (χ4n) is 3.10. The zero-order chi connectivity index (χ0) is 11.5. The average Bonchev–Trinajstić information content (AvgIpc) is 2.30. The molecule has 2 atom stereocenters. The lowest BCUT2D eigenvalue weighted by molar-refractivity contribution is -0.0778. The molecule has 16 heavy (non-hydrogen) atoms. The predicted molar refractivity (Wildman–Crippen MR) is 66.4 cm³/mol. The van der Waals surface area contributed by atoms with Crippen molar-refractivity contribution >= 4 is 0 Å². The summed E-state index contributed by atoms with van der Waals surface area (Å²) in [4.78, 5) is 2.69. The minimum absolute atomic E-state index is 0.401. The molecule has 0 aromatic rings.